The molecule has 1 aromatic heterocycles. The van der Waals surface area contributed by atoms with Gasteiger partial charge in [0.05, 0.1) is 24.2 Å². The summed E-state index contributed by atoms with van der Waals surface area (Å²) in [4.78, 5) is 12.2. The number of para-hydroxylation sites is 1. The van der Waals surface area contributed by atoms with Crippen LogP contribution in [0.2, 0.25) is 0 Å². The summed E-state index contributed by atoms with van der Waals surface area (Å²) < 4.78 is 6.90. The Hall–Kier alpha value is -2.87. The number of anilines is 1. The first-order valence-corrected chi connectivity index (χ1v) is 8.57. The Morgan fingerprint density at radius 2 is 2.04 bits per heavy atom. The van der Waals surface area contributed by atoms with Crippen LogP contribution >= 0.6 is 11.8 Å². The number of carbonyl (C=O) groups is 1. The van der Waals surface area contributed by atoms with E-state index in [1.165, 1.54) is 11.8 Å². The van der Waals surface area contributed by atoms with Crippen LogP contribution in [0.25, 0.3) is 5.69 Å². The smallest absolute Gasteiger partial charge is 0.234 e. The number of nitrogens with one attached hydrogen (secondary N) is 1. The third-order valence-corrected chi connectivity index (χ3v) is 4.32. The van der Waals surface area contributed by atoms with Crippen molar-refractivity contribution in [1.29, 1.82) is 0 Å². The number of hydrogen-bond donors (Lipinski definition) is 1. The van der Waals surface area contributed by atoms with Gasteiger partial charge in [0.1, 0.15) is 5.75 Å². The van der Waals surface area contributed by atoms with Gasteiger partial charge in [-0.2, -0.15) is 4.68 Å². The molecule has 2 aromatic carbocycles. The van der Waals surface area contributed by atoms with Gasteiger partial charge in [-0.05, 0) is 47.2 Å². The maximum atomic E-state index is 12.2. The number of nitrogens with zero attached hydrogens (tertiary/aromatic N) is 4. The van der Waals surface area contributed by atoms with Crippen molar-refractivity contribution in [2.24, 2.45) is 0 Å². The molecule has 0 saturated carbocycles. The zero-order chi connectivity index (χ0) is 17.6. The zero-order valence-corrected chi connectivity index (χ0v) is 14.7. The van der Waals surface area contributed by atoms with Crippen LogP contribution in [0.15, 0.2) is 53.7 Å². The molecule has 0 atom stereocenters. The number of thioether (sulfide) groups is 1. The molecule has 0 unspecified atom stereocenters. The summed E-state index contributed by atoms with van der Waals surface area (Å²) in [6.45, 7) is 1.97. The molecular formula is C17H17N5O2S. The van der Waals surface area contributed by atoms with E-state index < -0.39 is 0 Å². The fraction of sp³-hybridized carbons (Fsp3) is 0.176. The summed E-state index contributed by atoms with van der Waals surface area (Å²) in [7, 11) is 1.58. The van der Waals surface area contributed by atoms with Crippen molar-refractivity contribution in [3.63, 3.8) is 0 Å². The Balaban J connectivity index is 1.65. The number of ether oxygens (including phenoxy) is 1. The van der Waals surface area contributed by atoms with Crippen LogP contribution in [0.4, 0.5) is 5.69 Å². The highest BCUT2D eigenvalue weighted by Gasteiger charge is 2.13. The highest BCUT2D eigenvalue weighted by molar-refractivity contribution is 7.99. The zero-order valence-electron chi connectivity index (χ0n) is 13.8. The van der Waals surface area contributed by atoms with Crippen LogP contribution in [0, 0.1) is 6.92 Å². The van der Waals surface area contributed by atoms with Gasteiger partial charge in [0.25, 0.3) is 0 Å². The van der Waals surface area contributed by atoms with E-state index >= 15 is 0 Å². The Morgan fingerprint density at radius 1 is 1.24 bits per heavy atom. The van der Waals surface area contributed by atoms with E-state index in [1.54, 1.807) is 11.8 Å². The molecule has 128 valence electrons. The first-order valence-electron chi connectivity index (χ1n) is 7.58. The SMILES string of the molecule is COc1cc(C)ccc1NC(=O)CSc1nnnn1-c1ccccc1. The quantitative estimate of drug-likeness (QED) is 0.685. The molecule has 0 bridgehead atoms. The molecular weight excluding hydrogens is 338 g/mol. The lowest BCUT2D eigenvalue weighted by Crippen LogP contribution is -2.15. The van der Waals surface area contributed by atoms with E-state index in [0.717, 1.165) is 11.3 Å². The second kappa shape index (κ2) is 7.80. The van der Waals surface area contributed by atoms with Gasteiger partial charge in [-0.15, -0.1) is 5.10 Å². The number of rotatable bonds is 6. The lowest BCUT2D eigenvalue weighted by molar-refractivity contribution is -0.113. The van der Waals surface area contributed by atoms with Crippen molar-refractivity contribution in [3.05, 3.63) is 54.1 Å². The molecule has 1 N–H and O–H groups in total. The first kappa shape index (κ1) is 17.0. The molecule has 0 spiro atoms. The first-order chi connectivity index (χ1) is 12.2. The number of carbonyl (C=O) groups excluding carboxylic acids is 1. The lowest BCUT2D eigenvalue weighted by Gasteiger charge is -2.10. The van der Waals surface area contributed by atoms with Crippen LogP contribution < -0.4 is 10.1 Å². The molecule has 0 saturated heterocycles. The normalized spacial score (nSPS) is 10.5. The monoisotopic (exact) mass is 355 g/mol. The molecule has 25 heavy (non-hydrogen) atoms. The van der Waals surface area contributed by atoms with Gasteiger partial charge in [-0.1, -0.05) is 36.0 Å². The molecule has 0 aliphatic carbocycles. The minimum Gasteiger partial charge on any atom is -0.495 e. The molecule has 8 heteroatoms. The highest BCUT2D eigenvalue weighted by atomic mass is 32.2. The molecule has 3 rings (SSSR count). The second-order valence-corrected chi connectivity index (χ2v) is 6.19. The highest BCUT2D eigenvalue weighted by Crippen LogP contribution is 2.26. The molecule has 0 fully saturated rings. The molecule has 0 aliphatic heterocycles. The average Bonchev–Trinajstić information content (AvgIpc) is 3.11. The Labute approximate surface area is 149 Å². The maximum Gasteiger partial charge on any atom is 0.234 e. The van der Waals surface area contributed by atoms with Crippen LogP contribution in [0.1, 0.15) is 5.56 Å². The van der Waals surface area contributed by atoms with Gasteiger partial charge in [0.2, 0.25) is 11.1 Å². The van der Waals surface area contributed by atoms with Gasteiger partial charge < -0.3 is 10.1 Å². The van der Waals surface area contributed by atoms with Crippen LogP contribution in [-0.2, 0) is 4.79 Å². The molecule has 3 aromatic rings. The minimum absolute atomic E-state index is 0.158. The topological polar surface area (TPSA) is 81.9 Å². The third kappa shape index (κ3) is 4.16. The van der Waals surface area contributed by atoms with Crippen LogP contribution in [-0.4, -0.2) is 39.0 Å². The van der Waals surface area contributed by atoms with E-state index in [2.05, 4.69) is 20.8 Å². The maximum absolute atomic E-state index is 12.2. The lowest BCUT2D eigenvalue weighted by atomic mass is 10.2. The number of aryl methyl sites for hydroxylation is 1. The van der Waals surface area contributed by atoms with E-state index in [9.17, 15) is 4.79 Å². The Morgan fingerprint density at radius 3 is 2.80 bits per heavy atom. The largest absolute Gasteiger partial charge is 0.495 e. The predicted octanol–water partition coefficient (Wildman–Crippen LogP) is 2.71. The summed E-state index contributed by atoms with van der Waals surface area (Å²) in [5.41, 5.74) is 2.54. The summed E-state index contributed by atoms with van der Waals surface area (Å²) in [6, 6.07) is 15.1. The summed E-state index contributed by atoms with van der Waals surface area (Å²) >= 11 is 1.27. The second-order valence-electron chi connectivity index (χ2n) is 5.25. The number of methoxy groups -OCH3 is 1. The molecule has 1 heterocycles. The fourth-order valence-electron chi connectivity index (χ4n) is 2.22. The van der Waals surface area contributed by atoms with Crippen molar-refractivity contribution >= 4 is 23.4 Å². The van der Waals surface area contributed by atoms with Crippen molar-refractivity contribution in [1.82, 2.24) is 20.2 Å². The van der Waals surface area contributed by atoms with E-state index in [1.807, 2.05) is 55.5 Å². The molecule has 1 amide bonds. The predicted molar refractivity (Wildman–Crippen MR) is 96.2 cm³/mol. The number of tetrazole rings is 1. The molecule has 0 aliphatic rings. The van der Waals surface area contributed by atoms with Crippen LogP contribution in [0.3, 0.4) is 0 Å². The van der Waals surface area contributed by atoms with E-state index in [0.29, 0.717) is 16.6 Å². The number of aromatic nitrogens is 4. The average molecular weight is 355 g/mol. The van der Waals surface area contributed by atoms with E-state index in [4.69, 9.17) is 4.74 Å². The van der Waals surface area contributed by atoms with Gasteiger partial charge >= 0.3 is 0 Å². The summed E-state index contributed by atoms with van der Waals surface area (Å²) in [5, 5.41) is 15.0. The number of hydrogen-bond acceptors (Lipinski definition) is 6. The Kier molecular flexibility index (Phi) is 5.30. The number of benzene rings is 2. The Bertz CT molecular complexity index is 866. The van der Waals surface area contributed by atoms with Crippen molar-refractivity contribution < 1.29 is 9.53 Å². The summed E-state index contributed by atoms with van der Waals surface area (Å²) in [5.74, 6) is 0.659. The minimum atomic E-state index is -0.158. The van der Waals surface area contributed by atoms with E-state index in [-0.39, 0.29) is 11.7 Å². The van der Waals surface area contributed by atoms with Crippen molar-refractivity contribution in [3.8, 4) is 11.4 Å². The van der Waals surface area contributed by atoms with Gasteiger partial charge in [0.15, 0.2) is 0 Å². The van der Waals surface area contributed by atoms with Gasteiger partial charge in [-0.25, -0.2) is 0 Å². The third-order valence-electron chi connectivity index (χ3n) is 3.41. The van der Waals surface area contributed by atoms with Gasteiger partial charge in [-0.3, -0.25) is 4.79 Å². The standard InChI is InChI=1S/C17H17N5O2S/c1-12-8-9-14(15(10-12)24-2)18-16(23)11-25-17-19-20-21-22(17)13-6-4-3-5-7-13/h3-10H,11H2,1-2H3,(H,18,23). The fourth-order valence-corrected chi connectivity index (χ4v) is 2.91. The molecule has 7 nitrogen and oxygen atoms in total. The van der Waals surface area contributed by atoms with Crippen LogP contribution in [0.5, 0.6) is 5.75 Å². The molecule has 0 radical (unpaired) electrons. The van der Waals surface area contributed by atoms with Gasteiger partial charge in [0, 0.05) is 0 Å². The summed E-state index contributed by atoms with van der Waals surface area (Å²) in [6.07, 6.45) is 0. The van der Waals surface area contributed by atoms with Crippen molar-refractivity contribution in [2.45, 2.75) is 12.1 Å². The number of amides is 1. The van der Waals surface area contributed by atoms with Crippen molar-refractivity contribution in [2.75, 3.05) is 18.2 Å².